The van der Waals surface area contributed by atoms with E-state index >= 15 is 0 Å². The lowest BCUT2D eigenvalue weighted by Crippen LogP contribution is -2.10. The van der Waals surface area contributed by atoms with Crippen molar-refractivity contribution in [2.75, 3.05) is 0 Å². The van der Waals surface area contributed by atoms with Crippen LogP contribution in [-0.2, 0) is 6.42 Å². The first-order valence-corrected chi connectivity index (χ1v) is 6.92. The lowest BCUT2D eigenvalue weighted by atomic mass is 9.87. The molecule has 96 valence electrons. The Kier molecular flexibility index (Phi) is 3.20. The van der Waals surface area contributed by atoms with E-state index in [4.69, 9.17) is 0 Å². The van der Waals surface area contributed by atoms with Gasteiger partial charge < -0.3 is 0 Å². The highest BCUT2D eigenvalue weighted by Crippen LogP contribution is 2.40. The van der Waals surface area contributed by atoms with E-state index in [1.54, 1.807) is 0 Å². The average molecular weight is 250 g/mol. The first-order valence-electron chi connectivity index (χ1n) is 6.92. The summed E-state index contributed by atoms with van der Waals surface area (Å²) >= 11 is 0. The van der Waals surface area contributed by atoms with E-state index < -0.39 is 0 Å². The fourth-order valence-corrected chi connectivity index (χ4v) is 3.13. The smallest absolute Gasteiger partial charge is 0.163 e. The Bertz CT molecular complexity index is 586. The van der Waals surface area contributed by atoms with Gasteiger partial charge in [0.2, 0.25) is 0 Å². The number of carbonyl (C=O) groups excluding carboxylic acids is 1. The minimum atomic E-state index is 0.258. The molecule has 0 radical (unpaired) electrons. The predicted octanol–water partition coefficient (Wildman–Crippen LogP) is 4.24. The molecule has 0 spiro atoms. The van der Waals surface area contributed by atoms with Gasteiger partial charge in [0, 0.05) is 12.0 Å². The van der Waals surface area contributed by atoms with Crippen LogP contribution in [0.25, 0.3) is 0 Å². The number of fused-ring (bicyclic) bond motifs is 1. The molecule has 0 N–H and O–H groups in total. The second-order valence-electron chi connectivity index (χ2n) is 5.48. The van der Waals surface area contributed by atoms with Crippen LogP contribution in [-0.4, -0.2) is 5.78 Å². The molecule has 3 rings (SSSR count). The zero-order valence-corrected chi connectivity index (χ0v) is 11.2. The summed E-state index contributed by atoms with van der Waals surface area (Å²) in [6.45, 7) is 2.25. The van der Waals surface area contributed by atoms with E-state index in [1.165, 1.54) is 11.1 Å². The van der Waals surface area contributed by atoms with E-state index in [9.17, 15) is 4.79 Å². The number of ketones is 1. The van der Waals surface area contributed by atoms with Crippen molar-refractivity contribution in [1.29, 1.82) is 0 Å². The molecule has 0 aliphatic heterocycles. The molecule has 0 aromatic heterocycles. The Labute approximate surface area is 114 Å². The maximum Gasteiger partial charge on any atom is 0.163 e. The van der Waals surface area contributed by atoms with Gasteiger partial charge in [-0.2, -0.15) is 0 Å². The zero-order chi connectivity index (χ0) is 13.2. The summed E-state index contributed by atoms with van der Waals surface area (Å²) in [5, 5.41) is 0. The summed E-state index contributed by atoms with van der Waals surface area (Å²) in [5.41, 5.74) is 3.62. The second-order valence-corrected chi connectivity index (χ2v) is 5.48. The van der Waals surface area contributed by atoms with Gasteiger partial charge in [-0.25, -0.2) is 0 Å². The van der Waals surface area contributed by atoms with E-state index in [0.717, 1.165) is 12.0 Å². The molecule has 2 atom stereocenters. The maximum absolute atomic E-state index is 12.4. The highest BCUT2D eigenvalue weighted by Gasteiger charge is 2.30. The van der Waals surface area contributed by atoms with Gasteiger partial charge in [0.15, 0.2) is 5.78 Å². The molecule has 0 heterocycles. The summed E-state index contributed by atoms with van der Waals surface area (Å²) in [4.78, 5) is 12.4. The molecular formula is C18H18O. The van der Waals surface area contributed by atoms with Crippen molar-refractivity contribution in [1.82, 2.24) is 0 Å². The maximum atomic E-state index is 12.4. The number of rotatable bonds is 3. The van der Waals surface area contributed by atoms with Crippen LogP contribution in [0.5, 0.6) is 0 Å². The third-order valence-corrected chi connectivity index (χ3v) is 4.18. The molecule has 0 amide bonds. The standard InChI is InChI=1S/C18H18O/c1-13-11-15-9-5-6-10-16(15)17(13)12-18(19)14-7-3-2-4-8-14/h2-10,13,17H,11-12H2,1H3/t13-,17-/m0/s1. The largest absolute Gasteiger partial charge is 0.294 e. The Morgan fingerprint density at radius 2 is 1.74 bits per heavy atom. The lowest BCUT2D eigenvalue weighted by molar-refractivity contribution is 0.0967. The molecule has 0 bridgehead atoms. The van der Waals surface area contributed by atoms with Crippen LogP contribution < -0.4 is 0 Å². The Balaban J connectivity index is 1.82. The van der Waals surface area contributed by atoms with Crippen molar-refractivity contribution in [2.45, 2.75) is 25.7 Å². The molecule has 1 aliphatic rings. The Hall–Kier alpha value is -1.89. The van der Waals surface area contributed by atoms with E-state index in [-0.39, 0.29) is 5.78 Å². The van der Waals surface area contributed by atoms with E-state index in [1.807, 2.05) is 30.3 Å². The van der Waals surface area contributed by atoms with Gasteiger partial charge in [0.25, 0.3) is 0 Å². The first kappa shape index (κ1) is 12.2. The predicted molar refractivity (Wildman–Crippen MR) is 77.4 cm³/mol. The molecule has 0 saturated carbocycles. The van der Waals surface area contributed by atoms with Gasteiger partial charge in [-0.05, 0) is 29.4 Å². The molecule has 1 nitrogen and oxygen atoms in total. The zero-order valence-electron chi connectivity index (χ0n) is 11.2. The molecule has 0 saturated heterocycles. The average Bonchev–Trinajstić information content (AvgIpc) is 2.76. The fourth-order valence-electron chi connectivity index (χ4n) is 3.13. The van der Waals surface area contributed by atoms with Crippen LogP contribution in [0.4, 0.5) is 0 Å². The number of carbonyl (C=O) groups is 1. The van der Waals surface area contributed by atoms with Crippen molar-refractivity contribution in [3.63, 3.8) is 0 Å². The molecule has 0 fully saturated rings. The SMILES string of the molecule is C[C@H]1Cc2ccccc2[C@H]1CC(=O)c1ccccc1. The van der Waals surface area contributed by atoms with E-state index in [2.05, 4.69) is 31.2 Å². The molecule has 1 aliphatic carbocycles. The van der Waals surface area contributed by atoms with Crippen molar-refractivity contribution < 1.29 is 4.79 Å². The lowest BCUT2D eigenvalue weighted by Gasteiger charge is -2.15. The van der Waals surface area contributed by atoms with Crippen LogP contribution in [0.2, 0.25) is 0 Å². The van der Waals surface area contributed by atoms with Crippen LogP contribution in [0.1, 0.15) is 40.7 Å². The first-order chi connectivity index (χ1) is 9.25. The third kappa shape index (κ3) is 2.33. The van der Waals surface area contributed by atoms with Gasteiger partial charge >= 0.3 is 0 Å². The summed E-state index contributed by atoms with van der Waals surface area (Å²) < 4.78 is 0. The normalized spacial score (nSPS) is 21.1. The van der Waals surface area contributed by atoms with Crippen LogP contribution >= 0.6 is 0 Å². The van der Waals surface area contributed by atoms with Gasteiger partial charge in [-0.3, -0.25) is 4.79 Å². The second kappa shape index (κ2) is 5.00. The quantitative estimate of drug-likeness (QED) is 0.745. The van der Waals surface area contributed by atoms with Crippen molar-refractivity contribution in [3.8, 4) is 0 Å². The molecule has 2 aromatic carbocycles. The molecule has 2 aromatic rings. The molecule has 1 heteroatoms. The number of Topliss-reactive ketones (excluding diaryl/α,β-unsaturated/α-hetero) is 1. The number of benzene rings is 2. The molecule has 19 heavy (non-hydrogen) atoms. The van der Waals surface area contributed by atoms with Crippen molar-refractivity contribution >= 4 is 5.78 Å². The summed E-state index contributed by atoms with van der Waals surface area (Å²) in [6, 6.07) is 18.2. The van der Waals surface area contributed by atoms with Crippen molar-refractivity contribution in [2.24, 2.45) is 5.92 Å². The Morgan fingerprint density at radius 3 is 2.53 bits per heavy atom. The number of hydrogen-bond donors (Lipinski definition) is 0. The minimum Gasteiger partial charge on any atom is -0.294 e. The highest BCUT2D eigenvalue weighted by molar-refractivity contribution is 5.96. The van der Waals surface area contributed by atoms with E-state index in [0.29, 0.717) is 18.3 Å². The number of hydrogen-bond acceptors (Lipinski definition) is 1. The van der Waals surface area contributed by atoms with Gasteiger partial charge in [0.1, 0.15) is 0 Å². The summed E-state index contributed by atoms with van der Waals surface area (Å²) in [5.74, 6) is 1.20. The van der Waals surface area contributed by atoms with Gasteiger partial charge in [0.05, 0.1) is 0 Å². The molecule has 0 unspecified atom stereocenters. The van der Waals surface area contributed by atoms with Gasteiger partial charge in [-0.15, -0.1) is 0 Å². The molecular weight excluding hydrogens is 232 g/mol. The fraction of sp³-hybridized carbons (Fsp3) is 0.278. The topological polar surface area (TPSA) is 17.1 Å². The van der Waals surface area contributed by atoms with Gasteiger partial charge in [-0.1, -0.05) is 61.5 Å². The van der Waals surface area contributed by atoms with Crippen LogP contribution in [0.15, 0.2) is 54.6 Å². The van der Waals surface area contributed by atoms with Crippen molar-refractivity contribution in [3.05, 3.63) is 71.3 Å². The third-order valence-electron chi connectivity index (χ3n) is 4.18. The monoisotopic (exact) mass is 250 g/mol. The minimum absolute atomic E-state index is 0.258. The Morgan fingerprint density at radius 1 is 1.05 bits per heavy atom. The van der Waals surface area contributed by atoms with Crippen LogP contribution in [0.3, 0.4) is 0 Å². The van der Waals surface area contributed by atoms with Crippen LogP contribution in [0, 0.1) is 5.92 Å². The summed E-state index contributed by atoms with van der Waals surface area (Å²) in [6.07, 6.45) is 1.73. The summed E-state index contributed by atoms with van der Waals surface area (Å²) in [7, 11) is 0. The highest BCUT2D eigenvalue weighted by atomic mass is 16.1.